The number of nitrogens with zero attached hydrogens (tertiary/aromatic N) is 4. The monoisotopic (exact) mass is 432 g/mol. The zero-order valence-corrected chi connectivity index (χ0v) is 18.2. The molecule has 9 heteroatoms. The van der Waals surface area contributed by atoms with Gasteiger partial charge in [-0.2, -0.15) is 5.10 Å². The summed E-state index contributed by atoms with van der Waals surface area (Å²) in [6.45, 7) is 5.03. The van der Waals surface area contributed by atoms with Crippen molar-refractivity contribution in [1.82, 2.24) is 14.8 Å². The number of carbonyl (C=O) groups excluding carboxylic acids is 3. The van der Waals surface area contributed by atoms with E-state index in [4.69, 9.17) is 4.74 Å². The lowest BCUT2D eigenvalue weighted by Crippen LogP contribution is -2.45. The molecule has 1 aromatic carbocycles. The van der Waals surface area contributed by atoms with Gasteiger partial charge in [-0.25, -0.2) is 9.40 Å². The van der Waals surface area contributed by atoms with Gasteiger partial charge in [-0.3, -0.25) is 14.4 Å². The average molecular weight is 432 g/mol. The highest BCUT2D eigenvalue weighted by atomic mass is 19.1. The van der Waals surface area contributed by atoms with Crippen molar-refractivity contribution in [3.8, 4) is 0 Å². The normalized spacial score (nSPS) is 20.2. The molecular formula is C22H29FN4O4. The molecule has 1 atom stereocenters. The zero-order chi connectivity index (χ0) is 22.5. The van der Waals surface area contributed by atoms with Gasteiger partial charge >= 0.3 is 0 Å². The third kappa shape index (κ3) is 5.88. The fourth-order valence-corrected chi connectivity index (χ4v) is 3.69. The van der Waals surface area contributed by atoms with Crippen LogP contribution in [0.3, 0.4) is 0 Å². The van der Waals surface area contributed by atoms with Gasteiger partial charge in [0.15, 0.2) is 0 Å². The molecule has 0 N–H and O–H groups in total. The number of halogens is 1. The highest BCUT2D eigenvalue weighted by Crippen LogP contribution is 2.16. The second-order valence-corrected chi connectivity index (χ2v) is 8.37. The fraction of sp³-hybridized carbons (Fsp3) is 0.545. The molecule has 168 valence electrons. The summed E-state index contributed by atoms with van der Waals surface area (Å²) < 4.78 is 20.0. The van der Waals surface area contributed by atoms with Crippen LogP contribution < -0.4 is 0 Å². The molecule has 2 heterocycles. The summed E-state index contributed by atoms with van der Waals surface area (Å²) in [6.07, 6.45) is -0.0316. The highest BCUT2D eigenvalue weighted by molar-refractivity contribution is 6.39. The van der Waals surface area contributed by atoms with Gasteiger partial charge < -0.3 is 14.5 Å². The van der Waals surface area contributed by atoms with Crippen LogP contribution >= 0.6 is 0 Å². The van der Waals surface area contributed by atoms with Crippen LogP contribution in [0.4, 0.5) is 4.39 Å². The molecule has 0 unspecified atom stereocenters. The molecule has 8 nitrogen and oxygen atoms in total. The molecule has 1 fully saturated rings. The number of hydrogen-bond donors (Lipinski definition) is 0. The largest absolute Gasteiger partial charge is 0.370 e. The first-order valence-electron chi connectivity index (χ1n) is 10.5. The Morgan fingerprint density at radius 2 is 1.94 bits per heavy atom. The maximum atomic E-state index is 14.0. The van der Waals surface area contributed by atoms with Crippen LogP contribution in [0.1, 0.15) is 32.3 Å². The van der Waals surface area contributed by atoms with Crippen LogP contribution in [0.25, 0.3) is 0 Å². The molecule has 1 saturated heterocycles. The molecule has 0 saturated carbocycles. The van der Waals surface area contributed by atoms with Gasteiger partial charge in [-0.05, 0) is 12.0 Å². The Bertz CT molecular complexity index is 873. The molecule has 0 aromatic heterocycles. The smallest absolute Gasteiger partial charge is 0.270 e. The van der Waals surface area contributed by atoms with Crippen molar-refractivity contribution < 1.29 is 23.5 Å². The van der Waals surface area contributed by atoms with E-state index in [1.165, 1.54) is 18.0 Å². The third-order valence-electron chi connectivity index (χ3n) is 5.29. The van der Waals surface area contributed by atoms with Crippen molar-refractivity contribution in [2.45, 2.75) is 39.4 Å². The molecule has 2 aliphatic rings. The van der Waals surface area contributed by atoms with E-state index in [1.54, 1.807) is 23.1 Å². The lowest BCUT2D eigenvalue weighted by Gasteiger charge is -2.26. The predicted molar refractivity (Wildman–Crippen MR) is 112 cm³/mol. The number of benzene rings is 1. The van der Waals surface area contributed by atoms with Crippen molar-refractivity contribution in [3.63, 3.8) is 0 Å². The number of ether oxygens (including phenoxy) is 1. The van der Waals surface area contributed by atoms with Crippen LogP contribution in [0, 0.1) is 11.7 Å². The van der Waals surface area contributed by atoms with Crippen LogP contribution in [0.2, 0.25) is 0 Å². The van der Waals surface area contributed by atoms with Crippen molar-refractivity contribution in [2.75, 3.05) is 33.2 Å². The minimum atomic E-state index is -0.475. The van der Waals surface area contributed by atoms with Crippen LogP contribution in [-0.2, 0) is 25.7 Å². The van der Waals surface area contributed by atoms with Gasteiger partial charge in [0.2, 0.25) is 11.8 Å². The Kier molecular flexibility index (Phi) is 7.37. The Hall–Kier alpha value is -2.81. The Labute approximate surface area is 181 Å². The van der Waals surface area contributed by atoms with Crippen molar-refractivity contribution in [2.24, 2.45) is 11.0 Å². The highest BCUT2D eigenvalue weighted by Gasteiger charge is 2.34. The minimum Gasteiger partial charge on any atom is -0.370 e. The molecule has 0 spiro atoms. The lowest BCUT2D eigenvalue weighted by atomic mass is 10.1. The quantitative estimate of drug-likeness (QED) is 0.684. The SMILES string of the molecule is CC(C)CN1C[C@H](OCc2ccccc2F)CN(C(=O)C2=NN(C)C(=O)CC2)CC1=O. The number of rotatable bonds is 6. The maximum absolute atomic E-state index is 14.0. The summed E-state index contributed by atoms with van der Waals surface area (Å²) in [5, 5.41) is 5.25. The zero-order valence-electron chi connectivity index (χ0n) is 18.2. The molecule has 1 aromatic rings. The number of hydrogen-bond acceptors (Lipinski definition) is 5. The fourth-order valence-electron chi connectivity index (χ4n) is 3.69. The first-order chi connectivity index (χ1) is 14.7. The van der Waals surface area contributed by atoms with Gasteiger partial charge in [0.05, 0.1) is 12.7 Å². The van der Waals surface area contributed by atoms with E-state index in [-0.39, 0.29) is 67.7 Å². The van der Waals surface area contributed by atoms with E-state index in [0.717, 1.165) is 5.01 Å². The topological polar surface area (TPSA) is 82.5 Å². The molecule has 0 bridgehead atoms. The molecule has 0 aliphatic carbocycles. The van der Waals surface area contributed by atoms with E-state index < -0.39 is 6.10 Å². The third-order valence-corrected chi connectivity index (χ3v) is 5.29. The van der Waals surface area contributed by atoms with Gasteiger partial charge in [0.25, 0.3) is 5.91 Å². The summed E-state index contributed by atoms with van der Waals surface area (Å²) in [7, 11) is 1.51. The van der Waals surface area contributed by atoms with Gasteiger partial charge in [-0.15, -0.1) is 0 Å². The Balaban J connectivity index is 1.77. The van der Waals surface area contributed by atoms with Crippen molar-refractivity contribution in [1.29, 1.82) is 0 Å². The van der Waals surface area contributed by atoms with Crippen molar-refractivity contribution in [3.05, 3.63) is 35.6 Å². The molecule has 0 radical (unpaired) electrons. The molecule has 3 amide bonds. The van der Waals surface area contributed by atoms with Gasteiger partial charge in [0, 0.05) is 45.1 Å². The summed E-state index contributed by atoms with van der Waals surface area (Å²) in [6, 6.07) is 6.36. The van der Waals surface area contributed by atoms with Crippen LogP contribution in [0.15, 0.2) is 29.4 Å². The Morgan fingerprint density at radius 3 is 2.61 bits per heavy atom. The van der Waals surface area contributed by atoms with E-state index in [9.17, 15) is 18.8 Å². The number of carbonyl (C=O) groups is 3. The van der Waals surface area contributed by atoms with E-state index in [1.807, 2.05) is 13.8 Å². The van der Waals surface area contributed by atoms with Gasteiger partial charge in [0.1, 0.15) is 18.1 Å². The lowest BCUT2D eigenvalue weighted by molar-refractivity contribution is -0.136. The molecule has 31 heavy (non-hydrogen) atoms. The molecule has 3 rings (SSSR count). The van der Waals surface area contributed by atoms with E-state index >= 15 is 0 Å². The number of amides is 3. The summed E-state index contributed by atoms with van der Waals surface area (Å²) >= 11 is 0. The summed E-state index contributed by atoms with van der Waals surface area (Å²) in [5.41, 5.74) is 0.670. The molecular weight excluding hydrogens is 403 g/mol. The van der Waals surface area contributed by atoms with E-state index in [0.29, 0.717) is 18.7 Å². The first-order valence-corrected chi connectivity index (χ1v) is 10.5. The van der Waals surface area contributed by atoms with Crippen molar-refractivity contribution >= 4 is 23.4 Å². The average Bonchev–Trinajstić information content (AvgIpc) is 2.87. The van der Waals surface area contributed by atoms with Gasteiger partial charge in [-0.1, -0.05) is 32.0 Å². The summed E-state index contributed by atoms with van der Waals surface area (Å²) in [5.74, 6) is -0.805. The maximum Gasteiger partial charge on any atom is 0.270 e. The van der Waals surface area contributed by atoms with Crippen LogP contribution in [-0.4, -0.2) is 77.6 Å². The second kappa shape index (κ2) is 10.00. The van der Waals surface area contributed by atoms with Crippen LogP contribution in [0.5, 0.6) is 0 Å². The predicted octanol–water partition coefficient (Wildman–Crippen LogP) is 1.65. The number of hydrazone groups is 1. The first kappa shape index (κ1) is 22.9. The molecule has 2 aliphatic heterocycles. The Morgan fingerprint density at radius 1 is 1.19 bits per heavy atom. The summed E-state index contributed by atoms with van der Waals surface area (Å²) in [4.78, 5) is 40.7. The second-order valence-electron chi connectivity index (χ2n) is 8.37. The van der Waals surface area contributed by atoms with E-state index in [2.05, 4.69) is 5.10 Å². The minimum absolute atomic E-state index is 0.0429. The standard InChI is InChI=1S/C22H29FN4O4/c1-15(2)10-26-11-17(31-14-16-6-4-5-7-18(16)23)12-27(13-21(26)29)22(30)19-8-9-20(28)25(3)24-19/h4-7,15,17H,8-14H2,1-3H3/t17-/m0/s1.